The molecule has 6 aromatic carbocycles. The molecule has 6 aromatic rings. The molecule has 2 saturated heterocycles. The molecule has 2 fully saturated rings. The van der Waals surface area contributed by atoms with Gasteiger partial charge < -0.3 is 14.2 Å². The highest BCUT2D eigenvalue weighted by Gasteiger charge is 2.44. The van der Waals surface area contributed by atoms with E-state index in [2.05, 4.69) is 158 Å². The van der Waals surface area contributed by atoms with Gasteiger partial charge in [-0.25, -0.2) is 0 Å². The minimum absolute atomic E-state index is 0.00782. The van der Waals surface area contributed by atoms with Gasteiger partial charge in [0.1, 0.15) is 24.4 Å². The van der Waals surface area contributed by atoms with Crippen LogP contribution in [0.25, 0.3) is 0 Å². The lowest BCUT2D eigenvalue weighted by Crippen LogP contribution is -2.23. The molecule has 4 atom stereocenters. The molecule has 0 aromatic heterocycles. The van der Waals surface area contributed by atoms with Crippen molar-refractivity contribution in [2.75, 3.05) is 13.2 Å². The van der Waals surface area contributed by atoms with Gasteiger partial charge in [-0.3, -0.25) is 0 Å². The topological polar surface area (TPSA) is 34.3 Å². The van der Waals surface area contributed by atoms with E-state index in [-0.39, 0.29) is 24.4 Å². The van der Waals surface area contributed by atoms with E-state index in [9.17, 15) is 0 Å². The second-order valence-corrected chi connectivity index (χ2v) is 13.4. The highest BCUT2D eigenvalue weighted by atomic mass is 16.6. The lowest BCUT2D eigenvalue weighted by Gasteiger charge is -2.30. The number of rotatable bonds is 14. The van der Waals surface area contributed by atoms with Crippen molar-refractivity contribution in [1.29, 1.82) is 0 Å². The van der Waals surface area contributed by atoms with Gasteiger partial charge in [0, 0.05) is 0 Å². The van der Waals surface area contributed by atoms with Gasteiger partial charge in [0.15, 0.2) is 0 Å². The molecule has 49 heavy (non-hydrogen) atoms. The Balaban J connectivity index is 1.23. The maximum Gasteiger partial charge on any atom is 0.112 e. The molecular formula is C46H42O3. The molecule has 0 N–H and O–H groups in total. The van der Waals surface area contributed by atoms with Gasteiger partial charge in [-0.05, 0) is 81.3 Å². The number of hydrogen-bond acceptors (Lipinski definition) is 3. The van der Waals surface area contributed by atoms with Crippen LogP contribution in [0.2, 0.25) is 0 Å². The molecule has 2 heterocycles. The number of hydrogen-bond donors (Lipinski definition) is 0. The van der Waals surface area contributed by atoms with Crippen LogP contribution in [0.4, 0.5) is 0 Å². The average molecular weight is 643 g/mol. The van der Waals surface area contributed by atoms with Crippen LogP contribution in [0.1, 0.15) is 67.8 Å². The van der Waals surface area contributed by atoms with Crippen molar-refractivity contribution in [2.24, 2.45) is 0 Å². The molecule has 2 aliphatic heterocycles. The highest BCUT2D eigenvalue weighted by molar-refractivity contribution is 5.46. The Hall–Kier alpha value is -4.80. The third kappa shape index (κ3) is 7.76. The van der Waals surface area contributed by atoms with Crippen molar-refractivity contribution in [3.05, 3.63) is 213 Å². The van der Waals surface area contributed by atoms with Crippen LogP contribution < -0.4 is 0 Å². The van der Waals surface area contributed by atoms with E-state index in [1.165, 1.54) is 55.6 Å². The SMILES string of the molecule is c1ccc(Cc2cccc(Cc3ccccc3)c2C(OC(c2c(Cc3ccccc3)cccc2Cc2ccccc2)C2CO2)C2CO2)cc1. The fraction of sp³-hybridized carbons (Fsp3) is 0.217. The Morgan fingerprint density at radius 1 is 0.388 bits per heavy atom. The van der Waals surface area contributed by atoms with Gasteiger partial charge in [-0.2, -0.15) is 0 Å². The van der Waals surface area contributed by atoms with Crippen molar-refractivity contribution in [3.8, 4) is 0 Å². The van der Waals surface area contributed by atoms with E-state index in [1.54, 1.807) is 0 Å². The van der Waals surface area contributed by atoms with Crippen LogP contribution in [0.3, 0.4) is 0 Å². The molecular weight excluding hydrogens is 601 g/mol. The maximum atomic E-state index is 7.53. The van der Waals surface area contributed by atoms with Crippen LogP contribution in [0.5, 0.6) is 0 Å². The van der Waals surface area contributed by atoms with Gasteiger partial charge in [0.25, 0.3) is 0 Å². The fourth-order valence-corrected chi connectivity index (χ4v) is 7.24. The molecule has 0 radical (unpaired) electrons. The molecule has 0 amide bonds. The molecule has 4 unspecified atom stereocenters. The third-order valence-corrected chi connectivity index (χ3v) is 9.78. The average Bonchev–Trinajstić information content (AvgIpc) is 4.08. The Morgan fingerprint density at radius 3 is 0.898 bits per heavy atom. The molecule has 0 saturated carbocycles. The first-order valence-corrected chi connectivity index (χ1v) is 17.5. The molecule has 0 spiro atoms. The normalized spacial score (nSPS) is 17.7. The minimum atomic E-state index is -0.234. The molecule has 3 heteroatoms. The summed E-state index contributed by atoms with van der Waals surface area (Å²) in [5.41, 5.74) is 12.8. The number of benzene rings is 6. The van der Waals surface area contributed by atoms with E-state index in [0.717, 1.165) is 25.7 Å². The summed E-state index contributed by atoms with van der Waals surface area (Å²) in [6, 6.07) is 56.6. The minimum Gasteiger partial charge on any atom is -0.370 e. The molecule has 3 nitrogen and oxygen atoms in total. The standard InChI is InChI=1S/C46H42O3/c1-5-15-33(16-6-1)27-37-23-13-24-38(28-34-17-7-2-8-18-34)43(37)45(41-31-47-41)49-46(42-32-48-42)44-39(29-35-19-9-3-10-20-35)25-14-26-40(44)30-36-21-11-4-12-22-36/h1-26,41-42,45-46H,27-32H2. The zero-order valence-corrected chi connectivity index (χ0v) is 27.8. The predicted octanol–water partition coefficient (Wildman–Crippen LogP) is 9.65. The first-order chi connectivity index (χ1) is 24.3. The summed E-state index contributed by atoms with van der Waals surface area (Å²) < 4.78 is 19.9. The summed E-state index contributed by atoms with van der Waals surface area (Å²) in [5, 5.41) is 0. The van der Waals surface area contributed by atoms with Gasteiger partial charge in [-0.15, -0.1) is 0 Å². The zero-order valence-electron chi connectivity index (χ0n) is 27.8. The Labute approximate surface area is 290 Å². The monoisotopic (exact) mass is 642 g/mol. The summed E-state index contributed by atoms with van der Waals surface area (Å²) in [6.45, 7) is 1.38. The molecule has 0 bridgehead atoms. The van der Waals surface area contributed by atoms with E-state index in [1.807, 2.05) is 0 Å². The first kappa shape index (κ1) is 31.5. The molecule has 244 valence electrons. The predicted molar refractivity (Wildman–Crippen MR) is 196 cm³/mol. The summed E-state index contributed by atoms with van der Waals surface area (Å²) in [6.07, 6.45) is 2.85. The van der Waals surface area contributed by atoms with Crippen LogP contribution in [0, 0.1) is 0 Å². The van der Waals surface area contributed by atoms with Crippen molar-refractivity contribution >= 4 is 0 Å². The summed E-state index contributed by atoms with van der Waals surface area (Å²) in [4.78, 5) is 0. The Kier molecular flexibility index (Phi) is 9.48. The first-order valence-electron chi connectivity index (χ1n) is 17.5. The Bertz CT molecular complexity index is 1680. The van der Waals surface area contributed by atoms with Crippen LogP contribution in [-0.4, -0.2) is 25.4 Å². The second kappa shape index (κ2) is 14.8. The summed E-state index contributed by atoms with van der Waals surface area (Å²) >= 11 is 0. The third-order valence-electron chi connectivity index (χ3n) is 9.78. The fourth-order valence-electron chi connectivity index (χ4n) is 7.24. The smallest absolute Gasteiger partial charge is 0.112 e. The van der Waals surface area contributed by atoms with E-state index < -0.39 is 0 Å². The van der Waals surface area contributed by atoms with Gasteiger partial charge in [0.2, 0.25) is 0 Å². The largest absolute Gasteiger partial charge is 0.370 e. The van der Waals surface area contributed by atoms with Crippen molar-refractivity contribution in [2.45, 2.75) is 50.1 Å². The molecule has 0 aliphatic carbocycles. The summed E-state index contributed by atoms with van der Waals surface area (Å²) in [7, 11) is 0. The van der Waals surface area contributed by atoms with Crippen LogP contribution >= 0.6 is 0 Å². The summed E-state index contributed by atoms with van der Waals surface area (Å²) in [5.74, 6) is 0. The van der Waals surface area contributed by atoms with Gasteiger partial charge >= 0.3 is 0 Å². The molecule has 2 aliphatic rings. The van der Waals surface area contributed by atoms with E-state index in [0.29, 0.717) is 13.2 Å². The number of epoxide rings is 2. The zero-order chi connectivity index (χ0) is 32.8. The quantitative estimate of drug-likeness (QED) is 0.111. The lowest BCUT2D eigenvalue weighted by atomic mass is 9.86. The second-order valence-electron chi connectivity index (χ2n) is 13.4. The lowest BCUT2D eigenvalue weighted by molar-refractivity contribution is -0.0432. The maximum absolute atomic E-state index is 7.53. The van der Waals surface area contributed by atoms with E-state index >= 15 is 0 Å². The number of ether oxygens (including phenoxy) is 3. The van der Waals surface area contributed by atoms with Crippen LogP contribution in [0.15, 0.2) is 158 Å². The highest BCUT2D eigenvalue weighted by Crippen LogP contribution is 2.45. The van der Waals surface area contributed by atoms with Crippen molar-refractivity contribution < 1.29 is 14.2 Å². The van der Waals surface area contributed by atoms with Crippen molar-refractivity contribution in [3.63, 3.8) is 0 Å². The van der Waals surface area contributed by atoms with Gasteiger partial charge in [-0.1, -0.05) is 158 Å². The van der Waals surface area contributed by atoms with Crippen molar-refractivity contribution in [1.82, 2.24) is 0 Å². The Morgan fingerprint density at radius 2 is 0.653 bits per heavy atom. The van der Waals surface area contributed by atoms with Crippen LogP contribution in [-0.2, 0) is 39.9 Å². The van der Waals surface area contributed by atoms with E-state index in [4.69, 9.17) is 14.2 Å². The molecule has 8 rings (SSSR count). The van der Waals surface area contributed by atoms with Gasteiger partial charge in [0.05, 0.1) is 13.2 Å².